The van der Waals surface area contributed by atoms with Crippen LogP contribution < -0.4 is 10.6 Å². The highest BCUT2D eigenvalue weighted by molar-refractivity contribution is 5.93. The smallest absolute Gasteiger partial charge is 0.407 e. The van der Waals surface area contributed by atoms with Crippen molar-refractivity contribution in [2.24, 2.45) is 0 Å². The third-order valence-corrected chi connectivity index (χ3v) is 4.87. The second-order valence-corrected chi connectivity index (χ2v) is 6.75. The molecule has 0 saturated carbocycles. The van der Waals surface area contributed by atoms with Gasteiger partial charge in [-0.1, -0.05) is 54.5 Å². The normalized spacial score (nSPS) is 12.5. The van der Waals surface area contributed by atoms with E-state index in [1.54, 1.807) is 0 Å². The Morgan fingerprint density at radius 2 is 1.65 bits per heavy atom. The van der Waals surface area contributed by atoms with E-state index < -0.39 is 24.1 Å². The fourth-order valence-electron chi connectivity index (χ4n) is 3.39. The number of carbonyl (C=O) groups is 3. The van der Waals surface area contributed by atoms with Gasteiger partial charge >= 0.3 is 12.1 Å². The summed E-state index contributed by atoms with van der Waals surface area (Å²) in [5.74, 6) is 2.85. The van der Waals surface area contributed by atoms with E-state index in [1.807, 2.05) is 36.4 Å². The number of amides is 2. The lowest BCUT2D eigenvalue weighted by molar-refractivity contribution is -0.148. The molecule has 1 atom stereocenters. The summed E-state index contributed by atoms with van der Waals surface area (Å²) < 4.78 is 10.1. The van der Waals surface area contributed by atoms with Crippen molar-refractivity contribution >= 4 is 18.0 Å². The molecule has 160 valence electrons. The van der Waals surface area contributed by atoms with E-state index in [0.29, 0.717) is 0 Å². The van der Waals surface area contributed by atoms with Crippen molar-refractivity contribution in [3.63, 3.8) is 0 Å². The van der Waals surface area contributed by atoms with Gasteiger partial charge in [0.05, 0.1) is 13.1 Å². The highest BCUT2D eigenvalue weighted by atomic mass is 16.5. The summed E-state index contributed by atoms with van der Waals surface area (Å²) in [7, 11) is 1.23. The summed E-state index contributed by atoms with van der Waals surface area (Å²) >= 11 is 0. The fraction of sp³-hybridized carbons (Fsp3) is 0.261. The average Bonchev–Trinajstić information content (AvgIpc) is 3.09. The van der Waals surface area contributed by atoms with Gasteiger partial charge in [-0.05, 0) is 28.2 Å². The number of alkyl carbamates (subject to hydrolysis) is 1. The van der Waals surface area contributed by atoms with E-state index in [-0.39, 0.29) is 25.6 Å². The standard InChI is InChI=1S/C23H22N2O6/c1-30-20(22(27)28)13-25-21(26)11-6-12-24-23(29)31-14-19-17-9-4-2-7-15(17)16-8-3-5-10-18(16)19/h2-5,7-10,19-20H,12-14H2,1H3,(H,24,29)(H,25,26)(H,27,28). The number of hydrogen-bond acceptors (Lipinski definition) is 5. The molecule has 3 rings (SSSR count). The number of carbonyl (C=O) groups excluding carboxylic acids is 2. The molecule has 1 aliphatic carbocycles. The van der Waals surface area contributed by atoms with Crippen LogP contribution >= 0.6 is 0 Å². The minimum absolute atomic E-state index is 0.0435. The number of nitrogens with one attached hydrogen (secondary N) is 2. The molecule has 0 radical (unpaired) electrons. The lowest BCUT2D eigenvalue weighted by Crippen LogP contribution is -2.37. The molecule has 2 aromatic carbocycles. The number of benzene rings is 2. The number of carboxylic acids is 1. The third-order valence-electron chi connectivity index (χ3n) is 4.87. The molecule has 0 spiro atoms. The van der Waals surface area contributed by atoms with Gasteiger partial charge in [0.15, 0.2) is 6.10 Å². The van der Waals surface area contributed by atoms with E-state index in [9.17, 15) is 14.4 Å². The zero-order valence-corrected chi connectivity index (χ0v) is 16.9. The molecule has 2 amide bonds. The zero-order chi connectivity index (χ0) is 22.2. The van der Waals surface area contributed by atoms with Crippen LogP contribution in [-0.2, 0) is 19.1 Å². The summed E-state index contributed by atoms with van der Waals surface area (Å²) in [4.78, 5) is 34.4. The van der Waals surface area contributed by atoms with Gasteiger partial charge < -0.3 is 25.2 Å². The van der Waals surface area contributed by atoms with Gasteiger partial charge in [0, 0.05) is 13.0 Å². The van der Waals surface area contributed by atoms with Crippen molar-refractivity contribution in [1.29, 1.82) is 0 Å². The second-order valence-electron chi connectivity index (χ2n) is 6.75. The zero-order valence-electron chi connectivity index (χ0n) is 16.9. The van der Waals surface area contributed by atoms with Crippen LogP contribution in [-0.4, -0.2) is 56.0 Å². The van der Waals surface area contributed by atoms with Crippen LogP contribution in [0.1, 0.15) is 17.0 Å². The number of ether oxygens (including phenoxy) is 2. The molecular weight excluding hydrogens is 400 g/mol. The predicted molar refractivity (Wildman–Crippen MR) is 112 cm³/mol. The van der Waals surface area contributed by atoms with Crippen LogP contribution in [0.15, 0.2) is 48.5 Å². The van der Waals surface area contributed by atoms with Crippen LogP contribution in [0.2, 0.25) is 0 Å². The first-order chi connectivity index (χ1) is 15.0. The van der Waals surface area contributed by atoms with Gasteiger partial charge in [0.1, 0.15) is 6.61 Å². The Kier molecular flexibility index (Phi) is 7.25. The molecule has 0 bridgehead atoms. The van der Waals surface area contributed by atoms with Gasteiger partial charge in [-0.2, -0.15) is 0 Å². The number of carboxylic acid groups (broad SMARTS) is 1. The molecule has 1 aliphatic rings. The summed E-state index contributed by atoms with van der Waals surface area (Å²) in [5.41, 5.74) is 4.51. The molecular formula is C23H22N2O6. The summed E-state index contributed by atoms with van der Waals surface area (Å²) in [6.45, 7) is -0.114. The van der Waals surface area contributed by atoms with Gasteiger partial charge in [-0.25, -0.2) is 9.59 Å². The number of rotatable bonds is 7. The maximum Gasteiger partial charge on any atom is 0.407 e. The Balaban J connectivity index is 1.46. The van der Waals surface area contributed by atoms with E-state index in [1.165, 1.54) is 7.11 Å². The Labute approximate surface area is 179 Å². The molecule has 0 aliphatic heterocycles. The van der Waals surface area contributed by atoms with E-state index in [4.69, 9.17) is 14.6 Å². The van der Waals surface area contributed by atoms with Crippen molar-refractivity contribution in [2.75, 3.05) is 26.8 Å². The molecule has 0 saturated heterocycles. The van der Waals surface area contributed by atoms with Crippen molar-refractivity contribution in [3.8, 4) is 23.0 Å². The molecule has 8 nitrogen and oxygen atoms in total. The van der Waals surface area contributed by atoms with Crippen LogP contribution in [0, 0.1) is 11.8 Å². The molecule has 8 heteroatoms. The third kappa shape index (κ3) is 5.41. The quantitative estimate of drug-likeness (QED) is 0.586. The Morgan fingerprint density at radius 1 is 1.03 bits per heavy atom. The largest absolute Gasteiger partial charge is 0.479 e. The van der Waals surface area contributed by atoms with Gasteiger partial charge in [0.25, 0.3) is 5.91 Å². The molecule has 2 aromatic rings. The van der Waals surface area contributed by atoms with Gasteiger partial charge in [-0.15, -0.1) is 0 Å². The van der Waals surface area contributed by atoms with Gasteiger partial charge in [0.2, 0.25) is 0 Å². The maximum atomic E-state index is 12.0. The van der Waals surface area contributed by atoms with Crippen molar-refractivity contribution in [3.05, 3.63) is 59.7 Å². The Morgan fingerprint density at radius 3 is 2.23 bits per heavy atom. The lowest BCUT2D eigenvalue weighted by Gasteiger charge is -2.14. The first-order valence-electron chi connectivity index (χ1n) is 9.62. The molecule has 0 fully saturated rings. The van der Waals surface area contributed by atoms with Crippen LogP contribution in [0.25, 0.3) is 11.1 Å². The van der Waals surface area contributed by atoms with Crippen LogP contribution in [0.3, 0.4) is 0 Å². The molecule has 3 N–H and O–H groups in total. The van der Waals surface area contributed by atoms with Crippen molar-refractivity contribution < 1.29 is 29.0 Å². The fourth-order valence-corrected chi connectivity index (χ4v) is 3.39. The number of hydrogen-bond donors (Lipinski definition) is 3. The second kappa shape index (κ2) is 10.3. The molecule has 31 heavy (non-hydrogen) atoms. The monoisotopic (exact) mass is 422 g/mol. The van der Waals surface area contributed by atoms with Crippen molar-refractivity contribution in [2.45, 2.75) is 12.0 Å². The maximum absolute atomic E-state index is 12.0. The minimum Gasteiger partial charge on any atom is -0.479 e. The first-order valence-corrected chi connectivity index (χ1v) is 9.62. The topological polar surface area (TPSA) is 114 Å². The minimum atomic E-state index is -1.19. The van der Waals surface area contributed by atoms with Crippen LogP contribution in [0.4, 0.5) is 4.79 Å². The summed E-state index contributed by atoms with van der Waals surface area (Å²) in [6.07, 6.45) is -1.79. The van der Waals surface area contributed by atoms with Gasteiger partial charge in [-0.3, -0.25) is 4.79 Å². The lowest BCUT2D eigenvalue weighted by atomic mass is 9.98. The SMILES string of the molecule is COC(CNC(=O)C#CCNC(=O)OCC1c2ccccc2-c2ccccc21)C(=O)O. The van der Waals surface area contributed by atoms with E-state index in [0.717, 1.165) is 22.3 Å². The highest BCUT2D eigenvalue weighted by Crippen LogP contribution is 2.44. The number of fused-ring (bicyclic) bond motifs is 3. The first kappa shape index (κ1) is 21.9. The number of aliphatic carboxylic acids is 1. The van der Waals surface area contributed by atoms with Crippen LogP contribution in [0.5, 0.6) is 0 Å². The molecule has 1 unspecified atom stereocenters. The summed E-state index contributed by atoms with van der Waals surface area (Å²) in [5, 5.41) is 13.6. The molecule has 0 heterocycles. The van der Waals surface area contributed by atoms with Crippen molar-refractivity contribution in [1.82, 2.24) is 10.6 Å². The predicted octanol–water partition coefficient (Wildman–Crippen LogP) is 1.74. The molecule has 0 aromatic heterocycles. The highest BCUT2D eigenvalue weighted by Gasteiger charge is 2.28. The van der Waals surface area contributed by atoms with E-state index >= 15 is 0 Å². The Hall–Kier alpha value is -3.83. The average molecular weight is 422 g/mol. The summed E-state index contributed by atoms with van der Waals surface area (Å²) in [6, 6.07) is 16.1. The Bertz CT molecular complexity index is 994. The van der Waals surface area contributed by atoms with E-state index in [2.05, 4.69) is 34.6 Å². The number of methoxy groups -OCH3 is 1.